The van der Waals surface area contributed by atoms with E-state index >= 15 is 0 Å². The van der Waals surface area contributed by atoms with Gasteiger partial charge in [-0.3, -0.25) is 0 Å². The third-order valence-corrected chi connectivity index (χ3v) is 4.23. The van der Waals surface area contributed by atoms with Crippen molar-refractivity contribution in [3.05, 3.63) is 0 Å². The molecule has 0 radical (unpaired) electrons. The number of aliphatic hydroxyl groups excluding tert-OH is 2. The second-order valence-corrected chi connectivity index (χ2v) is 4.96. The van der Waals surface area contributed by atoms with E-state index in [4.69, 9.17) is 0 Å². The predicted octanol–water partition coefficient (Wildman–Crippen LogP) is 1.70. The molecule has 0 amide bonds. The SMILES string of the molecule is C[C@H]1CC[C@@]2(CCCC[C@H]2O)[C@@H]1O. The van der Waals surface area contributed by atoms with Crippen LogP contribution in [0.1, 0.15) is 45.4 Å². The molecule has 1 spiro atoms. The van der Waals surface area contributed by atoms with E-state index in [9.17, 15) is 10.2 Å². The largest absolute Gasteiger partial charge is 0.392 e. The lowest BCUT2D eigenvalue weighted by Crippen LogP contribution is -2.45. The Hall–Kier alpha value is -0.0800. The average Bonchev–Trinajstić information content (AvgIpc) is 2.40. The lowest BCUT2D eigenvalue weighted by atomic mass is 9.68. The number of hydrogen-bond donors (Lipinski definition) is 2. The van der Waals surface area contributed by atoms with Crippen molar-refractivity contribution < 1.29 is 10.2 Å². The molecular weight excluding hydrogens is 164 g/mol. The standard InChI is InChI=1S/C11H20O2/c1-8-5-7-11(10(8)13)6-3-2-4-9(11)12/h8-10,12-13H,2-7H2,1H3/t8-,9+,10+,11+/m0/s1. The lowest BCUT2D eigenvalue weighted by molar-refractivity contribution is -0.0858. The summed E-state index contributed by atoms with van der Waals surface area (Å²) in [4.78, 5) is 0. The molecule has 2 N–H and O–H groups in total. The Morgan fingerprint density at radius 3 is 2.38 bits per heavy atom. The summed E-state index contributed by atoms with van der Waals surface area (Å²) >= 11 is 0. The first-order chi connectivity index (χ1) is 6.17. The fourth-order valence-electron chi connectivity index (χ4n) is 3.25. The summed E-state index contributed by atoms with van der Waals surface area (Å²) in [7, 11) is 0. The van der Waals surface area contributed by atoms with Crippen LogP contribution in [0.15, 0.2) is 0 Å². The fraction of sp³-hybridized carbons (Fsp3) is 1.00. The van der Waals surface area contributed by atoms with Crippen molar-refractivity contribution in [3.8, 4) is 0 Å². The van der Waals surface area contributed by atoms with E-state index in [0.717, 1.165) is 32.1 Å². The van der Waals surface area contributed by atoms with Gasteiger partial charge in [0.15, 0.2) is 0 Å². The van der Waals surface area contributed by atoms with Crippen LogP contribution >= 0.6 is 0 Å². The molecule has 0 saturated heterocycles. The third kappa shape index (κ3) is 1.31. The summed E-state index contributed by atoms with van der Waals surface area (Å²) in [5.41, 5.74) is -0.127. The van der Waals surface area contributed by atoms with Gasteiger partial charge >= 0.3 is 0 Å². The normalized spacial score (nSPS) is 51.5. The Labute approximate surface area is 80.0 Å². The number of hydrogen-bond acceptors (Lipinski definition) is 2. The Kier molecular flexibility index (Phi) is 2.37. The molecule has 2 heteroatoms. The molecule has 2 saturated carbocycles. The zero-order valence-electron chi connectivity index (χ0n) is 8.37. The molecule has 2 fully saturated rings. The Bertz CT molecular complexity index is 189. The molecule has 2 nitrogen and oxygen atoms in total. The van der Waals surface area contributed by atoms with Gasteiger partial charge in [-0.2, -0.15) is 0 Å². The first-order valence-corrected chi connectivity index (χ1v) is 5.53. The van der Waals surface area contributed by atoms with E-state index in [0.29, 0.717) is 5.92 Å². The second-order valence-electron chi connectivity index (χ2n) is 4.96. The van der Waals surface area contributed by atoms with Crippen LogP contribution in [-0.2, 0) is 0 Å². The average molecular weight is 184 g/mol. The van der Waals surface area contributed by atoms with Crippen LogP contribution in [0.3, 0.4) is 0 Å². The van der Waals surface area contributed by atoms with E-state index in [1.54, 1.807) is 0 Å². The number of aliphatic hydroxyl groups is 2. The Morgan fingerprint density at radius 1 is 1.08 bits per heavy atom. The molecule has 0 unspecified atom stereocenters. The van der Waals surface area contributed by atoms with Gasteiger partial charge < -0.3 is 10.2 Å². The van der Waals surface area contributed by atoms with Gasteiger partial charge in [0.1, 0.15) is 0 Å². The summed E-state index contributed by atoms with van der Waals surface area (Å²) in [6.07, 6.45) is 5.83. The highest BCUT2D eigenvalue weighted by Gasteiger charge is 2.51. The molecule has 0 aromatic carbocycles. The van der Waals surface area contributed by atoms with E-state index in [-0.39, 0.29) is 17.6 Å². The van der Waals surface area contributed by atoms with Crippen LogP contribution in [0, 0.1) is 11.3 Å². The molecule has 2 aliphatic carbocycles. The zero-order chi connectivity index (χ0) is 9.47. The molecule has 0 aliphatic heterocycles. The van der Waals surface area contributed by atoms with Crippen LogP contribution in [-0.4, -0.2) is 22.4 Å². The zero-order valence-corrected chi connectivity index (χ0v) is 8.37. The van der Waals surface area contributed by atoms with Crippen molar-refractivity contribution in [3.63, 3.8) is 0 Å². The van der Waals surface area contributed by atoms with E-state index < -0.39 is 0 Å². The van der Waals surface area contributed by atoms with Crippen molar-refractivity contribution in [2.45, 2.75) is 57.7 Å². The summed E-state index contributed by atoms with van der Waals surface area (Å²) in [6.45, 7) is 2.10. The molecule has 0 bridgehead atoms. The van der Waals surface area contributed by atoms with Crippen molar-refractivity contribution in [1.82, 2.24) is 0 Å². The molecule has 0 aromatic heterocycles. The van der Waals surface area contributed by atoms with Gasteiger partial charge in [0.05, 0.1) is 12.2 Å². The van der Waals surface area contributed by atoms with Crippen LogP contribution in [0.25, 0.3) is 0 Å². The first kappa shape index (κ1) is 9.47. The quantitative estimate of drug-likeness (QED) is 0.601. The van der Waals surface area contributed by atoms with Gasteiger partial charge in [-0.25, -0.2) is 0 Å². The summed E-state index contributed by atoms with van der Waals surface area (Å²) in [5, 5.41) is 20.1. The Morgan fingerprint density at radius 2 is 1.85 bits per heavy atom. The van der Waals surface area contributed by atoms with Gasteiger partial charge in [0.25, 0.3) is 0 Å². The molecule has 2 rings (SSSR count). The monoisotopic (exact) mass is 184 g/mol. The summed E-state index contributed by atoms with van der Waals surface area (Å²) < 4.78 is 0. The molecule has 0 aromatic rings. The Balaban J connectivity index is 2.17. The predicted molar refractivity (Wildman–Crippen MR) is 51.3 cm³/mol. The van der Waals surface area contributed by atoms with Gasteiger partial charge in [-0.05, 0) is 31.6 Å². The number of rotatable bonds is 0. The molecule has 76 valence electrons. The summed E-state index contributed by atoms with van der Waals surface area (Å²) in [5.74, 6) is 0.382. The van der Waals surface area contributed by atoms with Gasteiger partial charge in [-0.1, -0.05) is 19.8 Å². The van der Waals surface area contributed by atoms with Crippen molar-refractivity contribution in [1.29, 1.82) is 0 Å². The smallest absolute Gasteiger partial charge is 0.0646 e. The van der Waals surface area contributed by atoms with Crippen molar-refractivity contribution in [2.24, 2.45) is 11.3 Å². The third-order valence-electron chi connectivity index (χ3n) is 4.23. The lowest BCUT2D eigenvalue weighted by Gasteiger charge is -2.41. The van der Waals surface area contributed by atoms with Crippen LogP contribution < -0.4 is 0 Å². The maximum atomic E-state index is 10.1. The fourth-order valence-corrected chi connectivity index (χ4v) is 3.25. The van der Waals surface area contributed by atoms with Crippen LogP contribution in [0.5, 0.6) is 0 Å². The van der Waals surface area contributed by atoms with E-state index in [1.165, 1.54) is 6.42 Å². The summed E-state index contributed by atoms with van der Waals surface area (Å²) in [6, 6.07) is 0. The van der Waals surface area contributed by atoms with E-state index in [2.05, 4.69) is 6.92 Å². The highest BCUT2D eigenvalue weighted by atomic mass is 16.3. The highest BCUT2D eigenvalue weighted by Crippen LogP contribution is 2.51. The molecule has 4 atom stereocenters. The molecular formula is C11H20O2. The molecule has 0 heterocycles. The maximum Gasteiger partial charge on any atom is 0.0646 e. The van der Waals surface area contributed by atoms with Crippen LogP contribution in [0.4, 0.5) is 0 Å². The highest BCUT2D eigenvalue weighted by molar-refractivity contribution is 5.01. The topological polar surface area (TPSA) is 40.5 Å². The minimum atomic E-state index is -0.261. The van der Waals surface area contributed by atoms with Gasteiger partial charge in [-0.15, -0.1) is 0 Å². The molecule has 2 aliphatic rings. The minimum absolute atomic E-state index is 0.127. The van der Waals surface area contributed by atoms with Crippen molar-refractivity contribution >= 4 is 0 Å². The second kappa shape index (κ2) is 3.25. The van der Waals surface area contributed by atoms with Gasteiger partial charge in [0, 0.05) is 5.41 Å². The maximum absolute atomic E-state index is 10.1. The van der Waals surface area contributed by atoms with Gasteiger partial charge in [0.2, 0.25) is 0 Å². The molecule has 13 heavy (non-hydrogen) atoms. The van der Waals surface area contributed by atoms with Crippen molar-refractivity contribution in [2.75, 3.05) is 0 Å². The van der Waals surface area contributed by atoms with Crippen LogP contribution in [0.2, 0.25) is 0 Å². The van der Waals surface area contributed by atoms with E-state index in [1.807, 2.05) is 0 Å². The minimum Gasteiger partial charge on any atom is -0.392 e. The first-order valence-electron chi connectivity index (χ1n) is 5.53.